The fourth-order valence-electron chi connectivity index (χ4n) is 4.75. The predicted molar refractivity (Wildman–Crippen MR) is 126 cm³/mol. The molecule has 0 spiro atoms. The second-order valence-corrected chi connectivity index (χ2v) is 9.93. The molecular formula is C26H35N3O2. The zero-order valence-electron chi connectivity index (χ0n) is 19.1. The molecule has 2 aliphatic heterocycles. The minimum absolute atomic E-state index is 0.210. The number of nitrogen functional groups attached to an aromatic ring is 1. The number of carbonyl (C=O) groups is 1. The van der Waals surface area contributed by atoms with E-state index in [-0.39, 0.29) is 6.09 Å². The van der Waals surface area contributed by atoms with Gasteiger partial charge in [-0.1, -0.05) is 18.2 Å². The summed E-state index contributed by atoms with van der Waals surface area (Å²) in [4.78, 5) is 16.8. The van der Waals surface area contributed by atoms with Gasteiger partial charge in [-0.15, -0.1) is 0 Å². The van der Waals surface area contributed by atoms with Crippen molar-refractivity contribution in [2.24, 2.45) is 5.92 Å². The van der Waals surface area contributed by atoms with Gasteiger partial charge >= 0.3 is 6.09 Å². The summed E-state index contributed by atoms with van der Waals surface area (Å²) >= 11 is 0. The molecular weight excluding hydrogens is 386 g/mol. The van der Waals surface area contributed by atoms with E-state index in [1.165, 1.54) is 35.2 Å². The van der Waals surface area contributed by atoms with Gasteiger partial charge in [0.25, 0.3) is 0 Å². The molecule has 0 aliphatic carbocycles. The van der Waals surface area contributed by atoms with Crippen molar-refractivity contribution in [1.29, 1.82) is 0 Å². The number of nitrogens with two attached hydrogens (primary N) is 1. The molecule has 0 unspecified atom stereocenters. The van der Waals surface area contributed by atoms with Crippen molar-refractivity contribution >= 4 is 17.5 Å². The van der Waals surface area contributed by atoms with E-state index < -0.39 is 5.60 Å². The highest BCUT2D eigenvalue weighted by Gasteiger charge is 2.27. The van der Waals surface area contributed by atoms with Gasteiger partial charge in [-0.05, 0) is 93.3 Å². The Bertz CT molecular complexity index is 909. The SMILES string of the molecule is CC(C)(C)OC(=O)N1CCc2c(CC3CCN(c4ccc(N)cc4)CC3)cccc2C1. The largest absolute Gasteiger partial charge is 0.444 e. The molecule has 5 nitrogen and oxygen atoms in total. The topological polar surface area (TPSA) is 58.8 Å². The van der Waals surface area contributed by atoms with E-state index in [1.807, 2.05) is 37.8 Å². The van der Waals surface area contributed by atoms with E-state index in [4.69, 9.17) is 10.5 Å². The molecule has 1 amide bonds. The Morgan fingerprint density at radius 1 is 1.06 bits per heavy atom. The zero-order valence-corrected chi connectivity index (χ0v) is 19.1. The third-order valence-electron chi connectivity index (χ3n) is 6.40. The van der Waals surface area contributed by atoms with Crippen LogP contribution in [0.5, 0.6) is 0 Å². The minimum Gasteiger partial charge on any atom is -0.444 e. The number of rotatable bonds is 3. The summed E-state index contributed by atoms with van der Waals surface area (Å²) in [7, 11) is 0. The van der Waals surface area contributed by atoms with Crippen LogP contribution in [0.2, 0.25) is 0 Å². The number of carbonyl (C=O) groups excluding carboxylic acids is 1. The van der Waals surface area contributed by atoms with Gasteiger partial charge in [0.2, 0.25) is 0 Å². The molecule has 1 fully saturated rings. The Kier molecular flexibility index (Phi) is 6.12. The molecule has 0 saturated carbocycles. The standard InChI is InChI=1S/C26H35N3O2/c1-26(2,3)31-25(30)29-16-13-24-20(5-4-6-21(24)18-29)17-19-11-14-28(15-12-19)23-9-7-22(27)8-10-23/h4-10,19H,11-18,27H2,1-3H3. The van der Waals surface area contributed by atoms with E-state index >= 15 is 0 Å². The van der Waals surface area contributed by atoms with Crippen LogP contribution >= 0.6 is 0 Å². The Hall–Kier alpha value is -2.69. The first-order valence-corrected chi connectivity index (χ1v) is 11.5. The lowest BCUT2D eigenvalue weighted by Gasteiger charge is -2.35. The van der Waals surface area contributed by atoms with Gasteiger partial charge in [-0.3, -0.25) is 0 Å². The van der Waals surface area contributed by atoms with Crippen molar-refractivity contribution in [1.82, 2.24) is 4.90 Å². The molecule has 0 radical (unpaired) electrons. The van der Waals surface area contributed by atoms with Gasteiger partial charge < -0.3 is 20.3 Å². The van der Waals surface area contributed by atoms with E-state index in [1.54, 1.807) is 0 Å². The van der Waals surface area contributed by atoms with Crippen LogP contribution in [0.1, 0.15) is 50.3 Å². The first-order valence-electron chi connectivity index (χ1n) is 11.5. The number of nitrogens with zero attached hydrogens (tertiary/aromatic N) is 2. The third kappa shape index (κ3) is 5.33. The quantitative estimate of drug-likeness (QED) is 0.707. The second kappa shape index (κ2) is 8.81. The maximum atomic E-state index is 12.5. The predicted octanol–water partition coefficient (Wildman–Crippen LogP) is 5.02. The van der Waals surface area contributed by atoms with Crippen molar-refractivity contribution in [2.75, 3.05) is 30.3 Å². The van der Waals surface area contributed by atoms with Crippen LogP contribution in [0, 0.1) is 5.92 Å². The summed E-state index contributed by atoms with van der Waals surface area (Å²) < 4.78 is 5.57. The molecule has 0 atom stereocenters. The van der Waals surface area contributed by atoms with Crippen LogP contribution in [-0.2, 0) is 24.1 Å². The molecule has 2 heterocycles. The van der Waals surface area contributed by atoms with Crippen molar-refractivity contribution in [3.05, 3.63) is 59.2 Å². The number of amides is 1. The minimum atomic E-state index is -0.458. The molecule has 0 aromatic heterocycles. The Labute approximate surface area is 186 Å². The van der Waals surface area contributed by atoms with E-state index in [0.717, 1.165) is 38.2 Å². The maximum Gasteiger partial charge on any atom is 0.410 e. The average Bonchev–Trinajstić information content (AvgIpc) is 2.73. The van der Waals surface area contributed by atoms with E-state index in [2.05, 4.69) is 35.2 Å². The second-order valence-electron chi connectivity index (χ2n) is 9.93. The number of anilines is 2. The third-order valence-corrected chi connectivity index (χ3v) is 6.40. The first kappa shape index (κ1) is 21.5. The number of benzene rings is 2. The van der Waals surface area contributed by atoms with E-state index in [9.17, 15) is 4.79 Å². The Balaban J connectivity index is 1.36. The normalized spacial score (nSPS) is 17.4. The highest BCUT2D eigenvalue weighted by atomic mass is 16.6. The van der Waals surface area contributed by atoms with Crippen molar-refractivity contribution in [3.63, 3.8) is 0 Å². The molecule has 2 aliphatic rings. The lowest BCUT2D eigenvalue weighted by molar-refractivity contribution is 0.0223. The lowest BCUT2D eigenvalue weighted by atomic mass is 9.85. The van der Waals surface area contributed by atoms with Crippen LogP contribution in [0.4, 0.5) is 16.2 Å². The van der Waals surface area contributed by atoms with Gasteiger partial charge in [0.05, 0.1) is 0 Å². The van der Waals surface area contributed by atoms with Gasteiger partial charge in [0, 0.05) is 37.6 Å². The molecule has 5 heteroatoms. The van der Waals surface area contributed by atoms with E-state index in [0.29, 0.717) is 12.5 Å². The maximum absolute atomic E-state index is 12.5. The molecule has 2 aromatic carbocycles. The smallest absolute Gasteiger partial charge is 0.410 e. The number of ether oxygens (including phenoxy) is 1. The number of fused-ring (bicyclic) bond motifs is 1. The van der Waals surface area contributed by atoms with Crippen molar-refractivity contribution in [2.45, 2.75) is 58.6 Å². The van der Waals surface area contributed by atoms with Crippen LogP contribution in [0.25, 0.3) is 0 Å². The monoisotopic (exact) mass is 421 g/mol. The molecule has 1 saturated heterocycles. The molecule has 31 heavy (non-hydrogen) atoms. The fourth-order valence-corrected chi connectivity index (χ4v) is 4.75. The van der Waals surface area contributed by atoms with Gasteiger partial charge in [0.15, 0.2) is 0 Å². The van der Waals surface area contributed by atoms with Crippen LogP contribution < -0.4 is 10.6 Å². The summed E-state index contributed by atoms with van der Waals surface area (Å²) in [5, 5.41) is 0. The highest BCUT2D eigenvalue weighted by Crippen LogP contribution is 2.30. The Morgan fingerprint density at radius 3 is 2.45 bits per heavy atom. The number of piperidine rings is 1. The summed E-state index contributed by atoms with van der Waals surface area (Å²) in [5.74, 6) is 0.709. The zero-order chi connectivity index (χ0) is 22.0. The molecule has 2 aromatic rings. The molecule has 4 rings (SSSR count). The number of hydrogen-bond acceptors (Lipinski definition) is 4. The van der Waals surface area contributed by atoms with Crippen LogP contribution in [0.15, 0.2) is 42.5 Å². The molecule has 2 N–H and O–H groups in total. The fraction of sp³-hybridized carbons (Fsp3) is 0.500. The summed E-state index contributed by atoms with van der Waals surface area (Å²) in [5.41, 5.74) is 11.6. The van der Waals surface area contributed by atoms with Gasteiger partial charge in [0.1, 0.15) is 5.60 Å². The van der Waals surface area contributed by atoms with Crippen molar-refractivity contribution in [3.8, 4) is 0 Å². The summed E-state index contributed by atoms with van der Waals surface area (Å²) in [6, 6.07) is 14.8. The average molecular weight is 422 g/mol. The number of hydrogen-bond donors (Lipinski definition) is 1. The van der Waals surface area contributed by atoms with Gasteiger partial charge in [-0.25, -0.2) is 4.79 Å². The van der Waals surface area contributed by atoms with Crippen molar-refractivity contribution < 1.29 is 9.53 Å². The van der Waals surface area contributed by atoms with Crippen LogP contribution in [0.3, 0.4) is 0 Å². The summed E-state index contributed by atoms with van der Waals surface area (Å²) in [6.45, 7) is 9.31. The lowest BCUT2D eigenvalue weighted by Crippen LogP contribution is -2.40. The Morgan fingerprint density at radius 2 is 1.77 bits per heavy atom. The first-order chi connectivity index (χ1) is 14.8. The summed E-state index contributed by atoms with van der Waals surface area (Å²) in [6.07, 6.45) is 4.25. The molecule has 166 valence electrons. The van der Waals surface area contributed by atoms with Gasteiger partial charge in [-0.2, -0.15) is 0 Å². The highest BCUT2D eigenvalue weighted by molar-refractivity contribution is 5.68. The van der Waals surface area contributed by atoms with Crippen LogP contribution in [-0.4, -0.2) is 36.2 Å². The molecule has 0 bridgehead atoms.